The number of nitrogen functional groups attached to an aromatic ring is 1. The van der Waals surface area contributed by atoms with Gasteiger partial charge in [-0.05, 0) is 28.6 Å². The van der Waals surface area contributed by atoms with Crippen LogP contribution in [0.15, 0.2) is 4.63 Å². The zero-order chi connectivity index (χ0) is 13.8. The first-order valence-electron chi connectivity index (χ1n) is 6.65. The summed E-state index contributed by atoms with van der Waals surface area (Å²) in [6.45, 7) is 8.13. The Bertz CT molecular complexity index is 424. The van der Waals surface area contributed by atoms with Gasteiger partial charge in [0.05, 0.1) is 0 Å². The summed E-state index contributed by atoms with van der Waals surface area (Å²) in [6.07, 6.45) is 1.28. The summed E-state index contributed by atoms with van der Waals surface area (Å²) in [5, 5.41) is 9.62. The molecule has 3 N–H and O–H groups in total. The number of anilines is 1. The van der Waals surface area contributed by atoms with E-state index in [1.807, 2.05) is 0 Å². The molecule has 1 aliphatic heterocycles. The Hall–Kier alpha value is -1.63. The number of rotatable bonds is 4. The van der Waals surface area contributed by atoms with Crippen LogP contribution >= 0.6 is 0 Å². The predicted molar refractivity (Wildman–Crippen MR) is 70.4 cm³/mol. The maximum absolute atomic E-state index is 11.7. The first-order chi connectivity index (χ1) is 9.06. The molecule has 7 nitrogen and oxygen atoms in total. The van der Waals surface area contributed by atoms with Crippen molar-refractivity contribution < 1.29 is 9.42 Å². The minimum Gasteiger partial charge on any atom is -0.379 e. The van der Waals surface area contributed by atoms with E-state index in [9.17, 15) is 4.79 Å². The number of hydrogen-bond acceptors (Lipinski definition) is 6. The zero-order valence-corrected chi connectivity index (χ0v) is 11.4. The van der Waals surface area contributed by atoms with E-state index in [4.69, 9.17) is 5.73 Å². The van der Waals surface area contributed by atoms with Gasteiger partial charge < -0.3 is 16.0 Å². The number of likely N-dealkylation sites (tertiary alicyclic amines) is 1. The van der Waals surface area contributed by atoms with E-state index in [-0.39, 0.29) is 17.4 Å². The van der Waals surface area contributed by atoms with Gasteiger partial charge in [-0.2, -0.15) is 0 Å². The molecular weight excluding hydrogens is 246 g/mol. The zero-order valence-electron chi connectivity index (χ0n) is 11.4. The van der Waals surface area contributed by atoms with Crippen molar-refractivity contribution in [2.24, 2.45) is 11.8 Å². The summed E-state index contributed by atoms with van der Waals surface area (Å²) in [6, 6.07) is 0. The molecule has 0 radical (unpaired) electrons. The third-order valence-electron chi connectivity index (χ3n) is 3.39. The van der Waals surface area contributed by atoms with E-state index in [1.54, 1.807) is 0 Å². The summed E-state index contributed by atoms with van der Waals surface area (Å²) < 4.78 is 4.39. The Kier molecular flexibility index (Phi) is 4.36. The monoisotopic (exact) mass is 267 g/mol. The van der Waals surface area contributed by atoms with Gasteiger partial charge in [0.25, 0.3) is 5.91 Å². The van der Waals surface area contributed by atoms with Gasteiger partial charge in [-0.25, -0.2) is 4.63 Å². The molecule has 0 unspecified atom stereocenters. The summed E-state index contributed by atoms with van der Waals surface area (Å²) in [4.78, 5) is 14.1. The third-order valence-corrected chi connectivity index (χ3v) is 3.39. The van der Waals surface area contributed by atoms with Crippen molar-refractivity contribution in [2.45, 2.75) is 20.3 Å². The summed E-state index contributed by atoms with van der Waals surface area (Å²) in [5.74, 6) is 1.12. The molecule has 2 rings (SSSR count). The number of hydrogen-bond donors (Lipinski definition) is 2. The molecule has 1 aromatic heterocycles. The average molecular weight is 267 g/mol. The first kappa shape index (κ1) is 13.8. The van der Waals surface area contributed by atoms with Gasteiger partial charge in [0.15, 0.2) is 0 Å². The summed E-state index contributed by atoms with van der Waals surface area (Å²) in [7, 11) is 0. The number of carbonyl (C=O) groups is 1. The van der Waals surface area contributed by atoms with Gasteiger partial charge in [-0.3, -0.25) is 4.79 Å². The molecule has 0 spiro atoms. The SMILES string of the molecule is C[C@H]1C[C@H](C)CN(CCNC(=O)c2nonc2N)C1. The van der Waals surface area contributed by atoms with Crippen LogP contribution in [0.5, 0.6) is 0 Å². The van der Waals surface area contributed by atoms with Crippen LogP contribution in [0.1, 0.15) is 30.8 Å². The molecule has 1 saturated heterocycles. The predicted octanol–water partition coefficient (Wildman–Crippen LogP) is 0.360. The van der Waals surface area contributed by atoms with E-state index in [1.165, 1.54) is 6.42 Å². The van der Waals surface area contributed by atoms with E-state index >= 15 is 0 Å². The molecule has 19 heavy (non-hydrogen) atoms. The number of nitrogens with zero attached hydrogens (tertiary/aromatic N) is 3. The standard InChI is InChI=1S/C12H21N5O2/c1-8-5-9(2)7-17(6-8)4-3-14-12(18)10-11(13)16-19-15-10/h8-9H,3-7H2,1-2H3,(H2,13,16)(H,14,18)/t8-,9-/m0/s1. The van der Waals surface area contributed by atoms with Crippen molar-refractivity contribution in [1.29, 1.82) is 0 Å². The molecule has 0 aliphatic carbocycles. The number of nitrogens with two attached hydrogens (primary N) is 1. The van der Waals surface area contributed by atoms with Gasteiger partial charge in [0, 0.05) is 26.2 Å². The lowest BCUT2D eigenvalue weighted by Crippen LogP contribution is -2.43. The van der Waals surface area contributed by atoms with Crippen molar-refractivity contribution in [3.8, 4) is 0 Å². The fourth-order valence-electron chi connectivity index (χ4n) is 2.74. The molecular formula is C12H21N5O2. The molecule has 2 heterocycles. The summed E-state index contributed by atoms with van der Waals surface area (Å²) in [5.41, 5.74) is 5.51. The lowest BCUT2D eigenvalue weighted by atomic mass is 9.92. The lowest BCUT2D eigenvalue weighted by Gasteiger charge is -2.34. The Labute approximate surface area is 112 Å². The third kappa shape index (κ3) is 3.66. The average Bonchev–Trinajstić information content (AvgIpc) is 2.74. The smallest absolute Gasteiger partial charge is 0.277 e. The number of aromatic nitrogens is 2. The number of amides is 1. The highest BCUT2D eigenvalue weighted by Gasteiger charge is 2.22. The van der Waals surface area contributed by atoms with Crippen molar-refractivity contribution in [3.63, 3.8) is 0 Å². The largest absolute Gasteiger partial charge is 0.379 e. The number of carbonyl (C=O) groups excluding carboxylic acids is 1. The van der Waals surface area contributed by atoms with Crippen molar-refractivity contribution >= 4 is 11.7 Å². The minimum atomic E-state index is -0.336. The van der Waals surface area contributed by atoms with Crippen LogP contribution in [0.2, 0.25) is 0 Å². The van der Waals surface area contributed by atoms with Crippen LogP contribution in [0, 0.1) is 11.8 Å². The van der Waals surface area contributed by atoms with Gasteiger partial charge in [-0.15, -0.1) is 0 Å². The van der Waals surface area contributed by atoms with Gasteiger partial charge >= 0.3 is 0 Å². The quantitative estimate of drug-likeness (QED) is 0.817. The van der Waals surface area contributed by atoms with E-state index in [0.29, 0.717) is 6.54 Å². The lowest BCUT2D eigenvalue weighted by molar-refractivity contribution is 0.0927. The molecule has 0 bridgehead atoms. The maximum Gasteiger partial charge on any atom is 0.277 e. The molecule has 0 saturated carbocycles. The highest BCUT2D eigenvalue weighted by Crippen LogP contribution is 2.20. The van der Waals surface area contributed by atoms with Crippen LogP contribution in [-0.2, 0) is 0 Å². The van der Waals surface area contributed by atoms with Crippen molar-refractivity contribution in [2.75, 3.05) is 31.9 Å². The molecule has 7 heteroatoms. The Morgan fingerprint density at radius 3 is 2.68 bits per heavy atom. The molecule has 0 aromatic carbocycles. The van der Waals surface area contributed by atoms with Crippen LogP contribution < -0.4 is 11.1 Å². The minimum absolute atomic E-state index is 0.0257. The van der Waals surface area contributed by atoms with E-state index in [0.717, 1.165) is 31.5 Å². The highest BCUT2D eigenvalue weighted by molar-refractivity contribution is 5.95. The second-order valence-corrected chi connectivity index (χ2v) is 5.46. The molecule has 2 atom stereocenters. The fourth-order valence-corrected chi connectivity index (χ4v) is 2.74. The molecule has 1 aliphatic rings. The highest BCUT2D eigenvalue weighted by atomic mass is 16.6. The molecule has 1 fully saturated rings. The molecule has 1 amide bonds. The van der Waals surface area contributed by atoms with Gasteiger partial charge in [-0.1, -0.05) is 13.8 Å². The second kappa shape index (κ2) is 6.01. The number of nitrogens with one attached hydrogen (secondary N) is 1. The number of piperidine rings is 1. The van der Waals surface area contributed by atoms with Gasteiger partial charge in [0.1, 0.15) is 0 Å². The molecule has 106 valence electrons. The van der Waals surface area contributed by atoms with Gasteiger partial charge in [0.2, 0.25) is 11.5 Å². The Morgan fingerprint density at radius 2 is 2.11 bits per heavy atom. The van der Waals surface area contributed by atoms with E-state index < -0.39 is 0 Å². The van der Waals surface area contributed by atoms with Crippen LogP contribution in [0.3, 0.4) is 0 Å². The Balaban J connectivity index is 1.75. The van der Waals surface area contributed by atoms with Crippen LogP contribution in [0.4, 0.5) is 5.82 Å². The molecule has 1 aromatic rings. The van der Waals surface area contributed by atoms with E-state index in [2.05, 4.69) is 39.0 Å². The van der Waals surface area contributed by atoms with Crippen molar-refractivity contribution in [3.05, 3.63) is 5.69 Å². The van der Waals surface area contributed by atoms with Crippen molar-refractivity contribution in [1.82, 2.24) is 20.5 Å². The summed E-state index contributed by atoms with van der Waals surface area (Å²) >= 11 is 0. The van der Waals surface area contributed by atoms with Crippen LogP contribution in [-0.4, -0.2) is 47.3 Å². The Morgan fingerprint density at radius 1 is 1.42 bits per heavy atom. The maximum atomic E-state index is 11.7. The second-order valence-electron chi connectivity index (χ2n) is 5.46. The first-order valence-corrected chi connectivity index (χ1v) is 6.65. The van der Waals surface area contributed by atoms with Crippen LogP contribution in [0.25, 0.3) is 0 Å². The fraction of sp³-hybridized carbons (Fsp3) is 0.750. The topological polar surface area (TPSA) is 97.3 Å². The normalized spacial score (nSPS) is 24.3.